The van der Waals surface area contributed by atoms with Gasteiger partial charge in [0.15, 0.2) is 0 Å². The number of rotatable bonds is 8. The van der Waals surface area contributed by atoms with Crippen LogP contribution in [0.4, 0.5) is 0 Å². The third-order valence-electron chi connectivity index (χ3n) is 11.5. The number of carbonyl (C=O) groups excluding carboxylic acids is 2. The molecule has 220 valence electrons. The lowest BCUT2D eigenvalue weighted by Crippen LogP contribution is -2.65. The fourth-order valence-corrected chi connectivity index (χ4v) is 9.96. The molecule has 0 radical (unpaired) electrons. The van der Waals surface area contributed by atoms with Crippen LogP contribution in [0.25, 0.3) is 0 Å². The van der Waals surface area contributed by atoms with Crippen molar-refractivity contribution < 1.29 is 14.3 Å². The van der Waals surface area contributed by atoms with Crippen molar-refractivity contribution in [3.05, 3.63) is 34.2 Å². The van der Waals surface area contributed by atoms with Crippen LogP contribution in [0.5, 0.6) is 0 Å². The van der Waals surface area contributed by atoms with Gasteiger partial charge in [0.1, 0.15) is 11.7 Å². The Labute approximate surface area is 241 Å². The summed E-state index contributed by atoms with van der Waals surface area (Å²) in [5.41, 5.74) is 12.1. The Balaban J connectivity index is 0.974. The first-order valence-corrected chi connectivity index (χ1v) is 15.6. The predicted molar refractivity (Wildman–Crippen MR) is 150 cm³/mol. The van der Waals surface area contributed by atoms with Gasteiger partial charge in [0.2, 0.25) is 5.91 Å². The maximum atomic E-state index is 13.8. The summed E-state index contributed by atoms with van der Waals surface area (Å²) >= 11 is 0. The summed E-state index contributed by atoms with van der Waals surface area (Å²) in [5.74, 6) is 1.02. The van der Waals surface area contributed by atoms with Crippen LogP contribution in [-0.4, -0.2) is 76.1 Å². The quantitative estimate of drug-likeness (QED) is 0.491. The normalized spacial score (nSPS) is 38.4. The monoisotopic (exact) mass is 562 g/mol. The van der Waals surface area contributed by atoms with Gasteiger partial charge < -0.3 is 30.6 Å². The van der Waals surface area contributed by atoms with Gasteiger partial charge in [-0.3, -0.25) is 14.4 Å². The average Bonchev–Trinajstić information content (AvgIpc) is 3.61. The summed E-state index contributed by atoms with van der Waals surface area (Å²) < 4.78 is 8.36. The molecule has 5 aliphatic carbocycles. The first-order chi connectivity index (χ1) is 19.7. The van der Waals surface area contributed by atoms with Gasteiger partial charge in [0, 0.05) is 37.8 Å². The van der Waals surface area contributed by atoms with Crippen LogP contribution in [0.2, 0.25) is 0 Å². The Morgan fingerprint density at radius 1 is 1.10 bits per heavy atom. The maximum absolute atomic E-state index is 13.8. The second-order valence-corrected chi connectivity index (χ2v) is 14.1. The van der Waals surface area contributed by atoms with Crippen molar-refractivity contribution in [1.82, 2.24) is 14.4 Å². The van der Waals surface area contributed by atoms with E-state index in [1.165, 1.54) is 12.5 Å². The molecule has 7 fully saturated rings. The number of amides is 2. The molecular weight excluding hydrogens is 520 g/mol. The number of nitrogens with two attached hydrogens (primary N) is 2. The van der Waals surface area contributed by atoms with Crippen molar-refractivity contribution in [2.75, 3.05) is 26.2 Å². The van der Waals surface area contributed by atoms with Gasteiger partial charge in [-0.25, -0.2) is 0 Å². The highest BCUT2D eigenvalue weighted by Gasteiger charge is 2.63. The van der Waals surface area contributed by atoms with Gasteiger partial charge >= 0.3 is 0 Å². The van der Waals surface area contributed by atoms with E-state index in [1.54, 1.807) is 16.7 Å². The molecule has 4 N–H and O–H groups in total. The molecule has 0 spiro atoms. The Kier molecular flexibility index (Phi) is 6.56. The van der Waals surface area contributed by atoms with E-state index in [1.807, 2.05) is 4.90 Å². The Morgan fingerprint density at radius 2 is 1.83 bits per heavy atom. The number of aromatic nitrogens is 1. The summed E-state index contributed by atoms with van der Waals surface area (Å²) in [7, 11) is 0. The molecular formula is C31H42N6O4. The number of piperidine rings is 2. The number of hydrogen-bond acceptors (Lipinski definition) is 7. The summed E-state index contributed by atoms with van der Waals surface area (Å²) in [6, 6.07) is 6.37. The highest BCUT2D eigenvalue weighted by Crippen LogP contribution is 2.64. The molecule has 41 heavy (non-hydrogen) atoms. The number of likely N-dealkylation sites (tertiary alicyclic amines) is 2. The summed E-state index contributed by atoms with van der Waals surface area (Å²) in [4.78, 5) is 42.4. The molecule has 2 saturated heterocycles. The molecule has 3 heterocycles. The Bertz CT molecular complexity index is 1310. The number of pyridine rings is 1. The predicted octanol–water partition coefficient (Wildman–Crippen LogP) is 1.78. The molecule has 1 aromatic heterocycles. The van der Waals surface area contributed by atoms with Crippen molar-refractivity contribution in [3.8, 4) is 6.07 Å². The minimum Gasteiger partial charge on any atom is -0.374 e. The lowest BCUT2D eigenvalue weighted by Gasteiger charge is -2.63. The first-order valence-electron chi connectivity index (χ1n) is 15.6. The number of primary amides is 1. The minimum atomic E-state index is -0.574. The van der Waals surface area contributed by atoms with Gasteiger partial charge in [-0.05, 0) is 93.4 Å². The number of nitriles is 1. The fourth-order valence-electron chi connectivity index (χ4n) is 9.96. The highest BCUT2D eigenvalue weighted by molar-refractivity contribution is 5.91. The van der Waals surface area contributed by atoms with E-state index < -0.39 is 11.9 Å². The summed E-state index contributed by atoms with van der Waals surface area (Å²) in [6.45, 7) is 3.10. The SMILES string of the molecule is N#C[C@@H]1C[C@@H]2C[C@@H]2N1C(=O)[C@@H](N)C12CC3CC(CC(OCCN4CCC(n5c(C(N)=O)cccc5=O)CC4)(C3)C1)C2. The first kappa shape index (κ1) is 27.1. The van der Waals surface area contributed by atoms with Crippen molar-refractivity contribution in [1.29, 1.82) is 5.26 Å². The minimum absolute atomic E-state index is 0.00136. The molecule has 2 amide bonds. The fraction of sp³-hybridized carbons (Fsp3) is 0.742. The number of fused-ring (bicyclic) bond motifs is 1. The van der Waals surface area contributed by atoms with Crippen molar-refractivity contribution >= 4 is 11.8 Å². The zero-order valence-corrected chi connectivity index (χ0v) is 23.7. The molecule has 2 aliphatic heterocycles. The van der Waals surface area contributed by atoms with Gasteiger partial charge in [-0.2, -0.15) is 5.26 Å². The third-order valence-corrected chi connectivity index (χ3v) is 11.5. The van der Waals surface area contributed by atoms with E-state index in [0.29, 0.717) is 24.4 Å². The number of hydrogen-bond donors (Lipinski definition) is 2. The summed E-state index contributed by atoms with van der Waals surface area (Å²) in [5, 5.41) is 9.66. The molecule has 4 bridgehead atoms. The largest absolute Gasteiger partial charge is 0.374 e. The van der Waals surface area contributed by atoms with Crippen molar-refractivity contribution in [3.63, 3.8) is 0 Å². The van der Waals surface area contributed by atoms with Crippen LogP contribution in [0.3, 0.4) is 0 Å². The average molecular weight is 563 g/mol. The van der Waals surface area contributed by atoms with Gasteiger partial charge in [-0.15, -0.1) is 0 Å². The van der Waals surface area contributed by atoms with E-state index in [9.17, 15) is 19.6 Å². The van der Waals surface area contributed by atoms with Crippen LogP contribution >= 0.6 is 0 Å². The molecule has 6 atom stereocenters. The topological polar surface area (TPSA) is 148 Å². The number of nitrogens with zero attached hydrogens (tertiary/aromatic N) is 4. The van der Waals surface area contributed by atoms with Gasteiger partial charge in [0.25, 0.3) is 11.5 Å². The van der Waals surface area contributed by atoms with E-state index in [0.717, 1.165) is 77.4 Å². The van der Waals surface area contributed by atoms with Crippen LogP contribution in [-0.2, 0) is 9.53 Å². The number of carbonyl (C=O) groups is 2. The third kappa shape index (κ3) is 4.61. The Morgan fingerprint density at radius 3 is 2.51 bits per heavy atom. The van der Waals surface area contributed by atoms with E-state index in [-0.39, 0.29) is 46.3 Å². The van der Waals surface area contributed by atoms with Gasteiger partial charge in [0.05, 0.1) is 24.3 Å². The van der Waals surface area contributed by atoms with Crippen molar-refractivity contribution in [2.24, 2.45) is 34.6 Å². The van der Waals surface area contributed by atoms with E-state index >= 15 is 0 Å². The molecule has 10 heteroatoms. The zero-order valence-electron chi connectivity index (χ0n) is 23.7. The van der Waals surface area contributed by atoms with E-state index in [2.05, 4.69) is 11.0 Å². The van der Waals surface area contributed by atoms with Crippen LogP contribution < -0.4 is 17.0 Å². The molecule has 7 aliphatic rings. The molecule has 0 aromatic carbocycles. The van der Waals surface area contributed by atoms with E-state index in [4.69, 9.17) is 16.2 Å². The van der Waals surface area contributed by atoms with Crippen LogP contribution in [0, 0.1) is 34.5 Å². The smallest absolute Gasteiger partial charge is 0.265 e. The maximum Gasteiger partial charge on any atom is 0.265 e. The van der Waals surface area contributed by atoms with Crippen LogP contribution in [0.1, 0.15) is 80.7 Å². The lowest BCUT2D eigenvalue weighted by molar-refractivity contribution is -0.201. The number of ether oxygens (including phenoxy) is 1. The summed E-state index contributed by atoms with van der Waals surface area (Å²) in [6.07, 6.45) is 9.54. The highest BCUT2D eigenvalue weighted by atomic mass is 16.5. The second-order valence-electron chi connectivity index (χ2n) is 14.1. The van der Waals surface area contributed by atoms with Gasteiger partial charge in [-0.1, -0.05) is 6.07 Å². The van der Waals surface area contributed by atoms with Crippen LogP contribution in [0.15, 0.2) is 23.0 Å². The molecule has 2 unspecified atom stereocenters. The molecule has 1 aromatic rings. The zero-order chi connectivity index (χ0) is 28.5. The molecule has 5 saturated carbocycles. The molecule has 10 nitrogen and oxygen atoms in total. The second kappa shape index (κ2) is 9.92. The Hall–Kier alpha value is -2.74. The van der Waals surface area contributed by atoms with Crippen molar-refractivity contribution in [2.45, 2.75) is 94.0 Å². The standard InChI is InChI=1S/C31H42N6O4/c32-17-23-11-21-12-25(21)37(23)29(40)27(33)30-13-19-10-20(14-30)16-31(15-19,18-30)41-9-8-35-6-4-22(5-7-35)36-24(28(34)39)2-1-3-26(36)38/h1-3,19-23,25,27H,4-16,18,33H2,(H2,34,39)/t19?,20?,21-,23+,25+,27-,30?,31?/m1/s1. The molecule has 8 rings (SSSR count). The lowest BCUT2D eigenvalue weighted by atomic mass is 9.46.